The first-order valence-electron chi connectivity index (χ1n) is 19.1. The van der Waals surface area contributed by atoms with Gasteiger partial charge in [-0.25, -0.2) is 0 Å². The van der Waals surface area contributed by atoms with E-state index in [4.69, 9.17) is 0 Å². The van der Waals surface area contributed by atoms with Crippen molar-refractivity contribution in [1.82, 2.24) is 5.32 Å². The Hall–Kier alpha value is -1.13. The van der Waals surface area contributed by atoms with Crippen LogP contribution in [0.15, 0.2) is 24.3 Å². The van der Waals surface area contributed by atoms with Crippen LogP contribution in [0.3, 0.4) is 0 Å². The van der Waals surface area contributed by atoms with E-state index in [0.717, 1.165) is 32.1 Å². The highest BCUT2D eigenvalue weighted by Crippen LogP contribution is 2.15. The quantitative estimate of drug-likeness (QED) is 0.0505. The predicted octanol–water partition coefficient (Wildman–Crippen LogP) is 11.3. The molecule has 2 atom stereocenters. The van der Waals surface area contributed by atoms with Crippen molar-refractivity contribution in [1.29, 1.82) is 0 Å². The Morgan fingerprint density at radius 2 is 0.930 bits per heavy atom. The largest absolute Gasteiger partial charge is 0.394 e. The fraction of sp³-hybridized carbons (Fsp3) is 0.872. The van der Waals surface area contributed by atoms with Crippen LogP contribution >= 0.6 is 0 Å². The summed E-state index contributed by atoms with van der Waals surface area (Å²) in [5, 5.41) is 23.1. The Bertz CT molecular complexity index is 618. The van der Waals surface area contributed by atoms with Crippen LogP contribution in [0.4, 0.5) is 0 Å². The minimum Gasteiger partial charge on any atom is -0.394 e. The predicted molar refractivity (Wildman–Crippen MR) is 189 cm³/mol. The molecule has 2 unspecified atom stereocenters. The molecule has 0 aromatic carbocycles. The Morgan fingerprint density at radius 1 is 0.558 bits per heavy atom. The van der Waals surface area contributed by atoms with Gasteiger partial charge >= 0.3 is 0 Å². The summed E-state index contributed by atoms with van der Waals surface area (Å²) in [4.78, 5) is 12.3. The summed E-state index contributed by atoms with van der Waals surface area (Å²) in [6.45, 7) is 4.32. The summed E-state index contributed by atoms with van der Waals surface area (Å²) in [7, 11) is 0. The summed E-state index contributed by atoms with van der Waals surface area (Å²) in [5.41, 5.74) is 0. The second-order valence-corrected chi connectivity index (χ2v) is 13.0. The Kier molecular flexibility index (Phi) is 34.4. The average molecular weight is 606 g/mol. The van der Waals surface area contributed by atoms with Crippen molar-refractivity contribution in [2.24, 2.45) is 0 Å². The number of aliphatic hydroxyl groups excluding tert-OH is 2. The van der Waals surface area contributed by atoms with Crippen molar-refractivity contribution < 1.29 is 15.0 Å². The molecule has 0 fully saturated rings. The number of hydrogen-bond acceptors (Lipinski definition) is 3. The van der Waals surface area contributed by atoms with Crippen LogP contribution in [0.1, 0.15) is 200 Å². The molecule has 0 aromatic rings. The zero-order valence-corrected chi connectivity index (χ0v) is 29.0. The van der Waals surface area contributed by atoms with Gasteiger partial charge in [0, 0.05) is 6.42 Å². The fourth-order valence-corrected chi connectivity index (χ4v) is 5.76. The van der Waals surface area contributed by atoms with Gasteiger partial charge in [0.25, 0.3) is 0 Å². The van der Waals surface area contributed by atoms with Crippen molar-refractivity contribution in [2.75, 3.05) is 6.61 Å². The number of carbonyl (C=O) groups excluding carboxylic acids is 1. The van der Waals surface area contributed by atoms with Crippen LogP contribution in [0, 0.1) is 0 Å². The minimum atomic E-state index is -0.661. The summed E-state index contributed by atoms with van der Waals surface area (Å²) in [6.07, 6.45) is 43.7. The van der Waals surface area contributed by atoms with Crippen molar-refractivity contribution >= 4 is 5.91 Å². The lowest BCUT2D eigenvalue weighted by atomic mass is 10.0. The molecular formula is C39H75NO3. The lowest BCUT2D eigenvalue weighted by Crippen LogP contribution is -2.45. The van der Waals surface area contributed by atoms with Gasteiger partial charge in [0.1, 0.15) is 0 Å². The van der Waals surface area contributed by atoms with Crippen LogP contribution < -0.4 is 5.32 Å². The highest BCUT2D eigenvalue weighted by Gasteiger charge is 2.19. The molecule has 0 saturated carbocycles. The van der Waals surface area contributed by atoms with E-state index >= 15 is 0 Å². The number of hydrogen-bond donors (Lipinski definition) is 3. The molecule has 0 aliphatic carbocycles. The van der Waals surface area contributed by atoms with Crippen molar-refractivity contribution in [2.45, 2.75) is 212 Å². The van der Waals surface area contributed by atoms with Gasteiger partial charge < -0.3 is 15.5 Å². The molecule has 0 rings (SSSR count). The lowest BCUT2D eigenvalue weighted by Gasteiger charge is -2.22. The second kappa shape index (κ2) is 35.4. The molecule has 1 amide bonds. The summed E-state index contributed by atoms with van der Waals surface area (Å²) >= 11 is 0. The van der Waals surface area contributed by atoms with Crippen LogP contribution in [-0.2, 0) is 4.79 Å². The number of amides is 1. The topological polar surface area (TPSA) is 69.6 Å². The van der Waals surface area contributed by atoms with Crippen LogP contribution in [0.25, 0.3) is 0 Å². The van der Waals surface area contributed by atoms with E-state index in [9.17, 15) is 15.0 Å². The molecule has 0 spiro atoms. The van der Waals surface area contributed by atoms with Gasteiger partial charge in [-0.2, -0.15) is 0 Å². The Morgan fingerprint density at radius 3 is 1.40 bits per heavy atom. The molecule has 0 aliphatic heterocycles. The van der Waals surface area contributed by atoms with Gasteiger partial charge in [0.05, 0.1) is 18.8 Å². The van der Waals surface area contributed by atoms with Crippen LogP contribution in [0.2, 0.25) is 0 Å². The number of rotatable bonds is 34. The van der Waals surface area contributed by atoms with E-state index in [2.05, 4.69) is 43.5 Å². The van der Waals surface area contributed by atoms with Gasteiger partial charge in [0.2, 0.25) is 5.91 Å². The van der Waals surface area contributed by atoms with E-state index in [0.29, 0.717) is 12.8 Å². The summed E-state index contributed by atoms with van der Waals surface area (Å²) < 4.78 is 0. The first-order chi connectivity index (χ1) is 21.2. The second-order valence-electron chi connectivity index (χ2n) is 13.0. The number of unbranched alkanes of at least 4 members (excludes halogenated alkanes) is 24. The van der Waals surface area contributed by atoms with Gasteiger partial charge in [-0.15, -0.1) is 0 Å². The maximum absolute atomic E-state index is 12.3. The summed E-state index contributed by atoms with van der Waals surface area (Å²) in [5.74, 6) is -0.0436. The molecule has 0 saturated heterocycles. The molecule has 0 aliphatic rings. The molecule has 4 heteroatoms. The van der Waals surface area contributed by atoms with Crippen molar-refractivity contribution in [3.63, 3.8) is 0 Å². The number of allylic oxidation sites excluding steroid dienone is 4. The molecular weight excluding hydrogens is 530 g/mol. The maximum atomic E-state index is 12.3. The number of carbonyl (C=O) groups is 1. The van der Waals surface area contributed by atoms with E-state index in [1.165, 1.54) is 141 Å². The minimum absolute atomic E-state index is 0.0436. The number of aliphatic hydroxyl groups is 2. The van der Waals surface area contributed by atoms with Crippen molar-refractivity contribution in [3.8, 4) is 0 Å². The molecule has 0 radical (unpaired) electrons. The van der Waals surface area contributed by atoms with Crippen LogP contribution in [-0.4, -0.2) is 34.9 Å². The monoisotopic (exact) mass is 606 g/mol. The van der Waals surface area contributed by atoms with E-state index < -0.39 is 12.1 Å². The number of nitrogens with one attached hydrogen (secondary N) is 1. The van der Waals surface area contributed by atoms with Crippen LogP contribution in [0.5, 0.6) is 0 Å². The molecule has 0 heterocycles. The fourth-order valence-electron chi connectivity index (χ4n) is 5.76. The van der Waals surface area contributed by atoms with Gasteiger partial charge in [-0.1, -0.05) is 179 Å². The zero-order chi connectivity index (χ0) is 31.5. The Balaban J connectivity index is 3.57. The van der Waals surface area contributed by atoms with Crippen molar-refractivity contribution in [3.05, 3.63) is 24.3 Å². The third-order valence-corrected chi connectivity index (χ3v) is 8.74. The highest BCUT2D eigenvalue weighted by atomic mass is 16.3. The first-order valence-corrected chi connectivity index (χ1v) is 19.1. The molecule has 43 heavy (non-hydrogen) atoms. The van der Waals surface area contributed by atoms with E-state index in [-0.39, 0.29) is 12.5 Å². The SMILES string of the molecule is CCCCC/C=C\C=C/CCCCCCCCC(=O)NC(CO)C(O)CCCCCCCCCCCCCCCCCC. The zero-order valence-electron chi connectivity index (χ0n) is 29.0. The van der Waals surface area contributed by atoms with Gasteiger partial charge in [-0.05, 0) is 38.5 Å². The summed E-state index contributed by atoms with van der Waals surface area (Å²) in [6, 6.07) is -0.539. The lowest BCUT2D eigenvalue weighted by molar-refractivity contribution is -0.123. The first kappa shape index (κ1) is 41.9. The average Bonchev–Trinajstić information content (AvgIpc) is 3.01. The molecule has 0 aromatic heterocycles. The molecule has 254 valence electrons. The van der Waals surface area contributed by atoms with Gasteiger partial charge in [-0.3, -0.25) is 4.79 Å². The van der Waals surface area contributed by atoms with E-state index in [1.54, 1.807) is 0 Å². The standard InChI is InChI=1S/C39H75NO3/c1-3-5-7-9-11-13-15-17-19-21-22-24-26-28-30-32-34-38(42)37(36-41)40-39(43)35-33-31-29-27-25-23-20-18-16-14-12-10-8-6-4-2/h12,14,16,18,37-38,41-42H,3-11,13,15,17,19-36H2,1-2H3,(H,40,43)/b14-12-,18-16-. The Labute approximate surface area is 269 Å². The van der Waals surface area contributed by atoms with Gasteiger partial charge in [0.15, 0.2) is 0 Å². The third kappa shape index (κ3) is 32.1. The molecule has 3 N–H and O–H groups in total. The third-order valence-electron chi connectivity index (χ3n) is 8.74. The highest BCUT2D eigenvalue weighted by molar-refractivity contribution is 5.76. The normalized spacial score (nSPS) is 13.3. The van der Waals surface area contributed by atoms with E-state index in [1.807, 2.05) is 0 Å². The molecule has 0 bridgehead atoms. The smallest absolute Gasteiger partial charge is 0.220 e. The molecule has 4 nitrogen and oxygen atoms in total. The maximum Gasteiger partial charge on any atom is 0.220 e.